The van der Waals surface area contributed by atoms with Crippen LogP contribution in [0, 0.1) is 11.6 Å². The van der Waals surface area contributed by atoms with Crippen LogP contribution in [0.3, 0.4) is 0 Å². The molecule has 0 unspecified atom stereocenters. The maximum absolute atomic E-state index is 15.3. The Kier molecular flexibility index (Phi) is 10.5. The van der Waals surface area contributed by atoms with E-state index in [0.29, 0.717) is 39.9 Å². The molecule has 0 aliphatic carbocycles. The maximum Gasteiger partial charge on any atom is 0.239 e. The van der Waals surface area contributed by atoms with Gasteiger partial charge in [0.2, 0.25) is 10.0 Å². The lowest BCUT2D eigenvalue weighted by molar-refractivity contribution is -0.868. The van der Waals surface area contributed by atoms with Crippen LogP contribution in [0.5, 0.6) is 5.75 Å². The molecule has 0 aliphatic rings. The van der Waals surface area contributed by atoms with Gasteiger partial charge in [0, 0.05) is 33.5 Å². The zero-order valence-electron chi connectivity index (χ0n) is 25.8. The number of rotatable bonds is 12. The fourth-order valence-corrected chi connectivity index (χ4v) is 7.17. The predicted molar refractivity (Wildman–Crippen MR) is 177 cm³/mol. The summed E-state index contributed by atoms with van der Waals surface area (Å²) in [6.07, 6.45) is 1.67. The molecule has 0 radical (unpaired) electrons. The second kappa shape index (κ2) is 13.5. The molecule has 0 atom stereocenters. The molecule has 4 rings (SSSR count). The number of quaternary nitrogens is 1. The van der Waals surface area contributed by atoms with Gasteiger partial charge >= 0.3 is 0 Å². The molecule has 242 valence electrons. The number of halogens is 4. The second-order valence-electron chi connectivity index (χ2n) is 12.0. The van der Waals surface area contributed by atoms with Gasteiger partial charge in [-0.2, -0.15) is 0 Å². The van der Waals surface area contributed by atoms with Crippen LogP contribution in [0.1, 0.15) is 30.7 Å². The molecule has 0 aliphatic heterocycles. The fourth-order valence-electron chi connectivity index (χ4n) is 4.70. The van der Waals surface area contributed by atoms with Crippen molar-refractivity contribution in [3.05, 3.63) is 93.2 Å². The highest BCUT2D eigenvalue weighted by Crippen LogP contribution is 2.40. The first-order valence-electron chi connectivity index (χ1n) is 13.8. The molecule has 0 amide bonds. The van der Waals surface area contributed by atoms with Gasteiger partial charge in [-0.3, -0.25) is 4.57 Å². The zero-order valence-corrected chi connectivity index (χ0v) is 28.9. The summed E-state index contributed by atoms with van der Waals surface area (Å²) < 4.78 is 61.5. The first kappa shape index (κ1) is 35.0. The molecule has 0 fully saturated rings. The van der Waals surface area contributed by atoms with Gasteiger partial charge in [-0.15, -0.1) is 0 Å². The van der Waals surface area contributed by atoms with Gasteiger partial charge in [-0.25, -0.2) is 27.3 Å². The number of hydrogen-bond donors (Lipinski definition) is 2. The molecule has 4 aromatic rings. The summed E-state index contributed by atoms with van der Waals surface area (Å²) in [4.78, 5) is 4.47. The first-order valence-corrected chi connectivity index (χ1v) is 17.1. The van der Waals surface area contributed by atoms with Gasteiger partial charge in [-0.05, 0) is 42.0 Å². The molecule has 1 aromatic heterocycles. The van der Waals surface area contributed by atoms with Crippen molar-refractivity contribution < 1.29 is 26.4 Å². The average molecular weight is 700 g/mol. The molecule has 0 saturated carbocycles. The number of ether oxygens (including phenoxy) is 1. The van der Waals surface area contributed by atoms with Crippen molar-refractivity contribution in [2.24, 2.45) is 5.14 Å². The Labute approximate surface area is 277 Å². The highest BCUT2D eigenvalue weighted by molar-refractivity contribution is 7.98. The first-order chi connectivity index (χ1) is 20.9. The van der Waals surface area contributed by atoms with E-state index in [-0.39, 0.29) is 26.4 Å². The van der Waals surface area contributed by atoms with E-state index < -0.39 is 27.1 Å². The molecular weight excluding hydrogens is 663 g/mol. The Balaban J connectivity index is 1.73. The lowest BCUT2D eigenvalue weighted by Gasteiger charge is -2.28. The monoisotopic (exact) mass is 698 g/mol. The maximum atomic E-state index is 15.3. The number of nitrogens with one attached hydrogen (secondary N) is 1. The fraction of sp³-hybridized carbons (Fsp3) is 0.323. The third-order valence-electron chi connectivity index (χ3n) is 7.32. The molecule has 3 aromatic carbocycles. The van der Waals surface area contributed by atoms with Gasteiger partial charge in [0.15, 0.2) is 16.7 Å². The minimum absolute atomic E-state index is 0.0206. The standard InChI is InChI=1S/C31H36Cl2F2N5O3S2/c1-31(2,19-7-10-28(24(33)13-19)45(36,41)42)29-17-38-30(39(29)21-8-9-25(34)27(16-21)43-6)44-18-22-23(32)14-20(15-26(22)35)37-11-12-40(3,4)5/h7-10,13-17,37H,11-12,18H2,1-6H3,(H2,36,41,42)/q+1. The Morgan fingerprint density at radius 2 is 1.76 bits per heavy atom. The Bertz CT molecular complexity index is 1800. The van der Waals surface area contributed by atoms with E-state index in [1.54, 1.807) is 36.5 Å². The summed E-state index contributed by atoms with van der Waals surface area (Å²) in [7, 11) is 3.58. The van der Waals surface area contributed by atoms with Gasteiger partial charge in [-0.1, -0.05) is 54.9 Å². The number of benzene rings is 3. The van der Waals surface area contributed by atoms with Gasteiger partial charge < -0.3 is 14.5 Å². The van der Waals surface area contributed by atoms with E-state index in [2.05, 4.69) is 31.4 Å². The molecule has 14 heteroatoms. The second-order valence-corrected chi connectivity index (χ2v) is 15.3. The van der Waals surface area contributed by atoms with Crippen molar-refractivity contribution >= 4 is 50.7 Å². The number of nitrogens with zero attached hydrogens (tertiary/aromatic N) is 3. The lowest BCUT2D eigenvalue weighted by atomic mass is 9.81. The van der Waals surface area contributed by atoms with E-state index in [9.17, 15) is 12.8 Å². The predicted octanol–water partition coefficient (Wildman–Crippen LogP) is 6.85. The molecule has 8 nitrogen and oxygen atoms in total. The number of thioether (sulfide) groups is 1. The summed E-state index contributed by atoms with van der Waals surface area (Å²) in [6.45, 7) is 5.33. The van der Waals surface area contributed by atoms with Crippen molar-refractivity contribution in [3.8, 4) is 11.4 Å². The Morgan fingerprint density at radius 1 is 1.04 bits per heavy atom. The van der Waals surface area contributed by atoms with Crippen LogP contribution < -0.4 is 15.2 Å². The van der Waals surface area contributed by atoms with Crippen molar-refractivity contribution in [3.63, 3.8) is 0 Å². The number of sulfonamides is 1. The van der Waals surface area contributed by atoms with E-state index in [1.807, 2.05) is 18.4 Å². The topological polar surface area (TPSA) is 99.2 Å². The number of primary sulfonamides is 1. The van der Waals surface area contributed by atoms with Crippen LogP contribution in [-0.4, -0.2) is 63.8 Å². The summed E-state index contributed by atoms with van der Waals surface area (Å²) in [5, 5.41) is 9.28. The zero-order chi connectivity index (χ0) is 33.3. The van der Waals surface area contributed by atoms with Crippen LogP contribution in [0.4, 0.5) is 14.5 Å². The molecular formula is C31H36Cl2F2N5O3S2+. The van der Waals surface area contributed by atoms with E-state index in [1.165, 1.54) is 37.1 Å². The van der Waals surface area contributed by atoms with Crippen LogP contribution in [-0.2, 0) is 21.2 Å². The third kappa shape index (κ3) is 8.11. The summed E-state index contributed by atoms with van der Waals surface area (Å²) >= 11 is 14.1. The van der Waals surface area contributed by atoms with Crippen LogP contribution in [0.2, 0.25) is 10.0 Å². The van der Waals surface area contributed by atoms with Gasteiger partial charge in [0.1, 0.15) is 10.7 Å². The average Bonchev–Trinajstić information content (AvgIpc) is 3.36. The largest absolute Gasteiger partial charge is 0.494 e. The smallest absolute Gasteiger partial charge is 0.239 e. The van der Waals surface area contributed by atoms with Crippen LogP contribution in [0.15, 0.2) is 64.8 Å². The van der Waals surface area contributed by atoms with Gasteiger partial charge in [0.25, 0.3) is 0 Å². The summed E-state index contributed by atoms with van der Waals surface area (Å²) in [6, 6.07) is 12.1. The number of methoxy groups -OCH3 is 1. The SMILES string of the molecule is COc1cc(-n2c(C(C)(C)c3ccc(S(N)(=O)=O)c(Cl)c3)cnc2SCc2c(F)cc(NCC[N+](C)(C)C)cc2Cl)ccc1F. The summed E-state index contributed by atoms with van der Waals surface area (Å²) in [5.41, 5.74) is 2.00. The Hall–Kier alpha value is -2.87. The quantitative estimate of drug-likeness (QED) is 0.124. The highest BCUT2D eigenvalue weighted by Gasteiger charge is 2.31. The van der Waals surface area contributed by atoms with Crippen LogP contribution >= 0.6 is 35.0 Å². The van der Waals surface area contributed by atoms with Crippen molar-refractivity contribution in [1.82, 2.24) is 9.55 Å². The normalized spacial score (nSPS) is 12.4. The molecule has 0 bridgehead atoms. The number of anilines is 1. The minimum atomic E-state index is -4.02. The van der Waals surface area contributed by atoms with Crippen molar-refractivity contribution in [1.29, 1.82) is 0 Å². The molecule has 45 heavy (non-hydrogen) atoms. The number of aromatic nitrogens is 2. The van der Waals surface area contributed by atoms with Crippen molar-refractivity contribution in [2.75, 3.05) is 46.7 Å². The molecule has 0 saturated heterocycles. The number of hydrogen-bond acceptors (Lipinski definition) is 6. The molecule has 3 N–H and O–H groups in total. The third-order valence-corrected chi connectivity index (χ3v) is 10.0. The number of nitrogens with two attached hydrogens (primary N) is 1. The van der Waals surface area contributed by atoms with E-state index >= 15 is 4.39 Å². The van der Waals surface area contributed by atoms with E-state index in [0.717, 1.165) is 11.0 Å². The molecule has 0 spiro atoms. The molecule has 1 heterocycles. The highest BCUT2D eigenvalue weighted by atomic mass is 35.5. The minimum Gasteiger partial charge on any atom is -0.494 e. The number of imidazole rings is 1. The van der Waals surface area contributed by atoms with Crippen molar-refractivity contribution in [2.45, 2.75) is 35.1 Å². The van der Waals surface area contributed by atoms with E-state index in [4.69, 9.17) is 33.1 Å². The van der Waals surface area contributed by atoms with Crippen LogP contribution in [0.25, 0.3) is 5.69 Å². The number of likely N-dealkylation sites (N-methyl/N-ethyl adjacent to an activating group) is 1. The summed E-state index contributed by atoms with van der Waals surface area (Å²) in [5.74, 6) is -0.794. The lowest BCUT2D eigenvalue weighted by Crippen LogP contribution is -2.38. The van der Waals surface area contributed by atoms with Gasteiger partial charge in [0.05, 0.1) is 63.9 Å². The Morgan fingerprint density at radius 3 is 2.36 bits per heavy atom.